The van der Waals surface area contributed by atoms with Crippen molar-refractivity contribution in [2.24, 2.45) is 0 Å². The Morgan fingerprint density at radius 2 is 1.52 bits per heavy atom. The highest BCUT2D eigenvalue weighted by Crippen LogP contribution is 2.41. The standard InChI is InChI=1S/C26H16F8N2O3S/c1-11-7-15(19(39-2)10-18(11)28)23(37)36-21-14-5-3-12(25(29,30)31)8-20(14)40-22(21)24(38)35-13-4-6-17(27)16(9-13)26(32,33)34/h3-10H,1-2H3,(H,35,38)(H,36,37). The lowest BCUT2D eigenvalue weighted by Gasteiger charge is -2.13. The van der Waals surface area contributed by atoms with Crippen LogP contribution in [0.2, 0.25) is 0 Å². The van der Waals surface area contributed by atoms with E-state index in [0.717, 1.165) is 36.4 Å². The summed E-state index contributed by atoms with van der Waals surface area (Å²) in [7, 11) is 1.18. The Kier molecular flexibility index (Phi) is 7.49. The van der Waals surface area contributed by atoms with Crippen LogP contribution >= 0.6 is 11.3 Å². The Morgan fingerprint density at radius 1 is 0.825 bits per heavy atom. The van der Waals surface area contributed by atoms with Gasteiger partial charge in [-0.15, -0.1) is 11.3 Å². The zero-order chi connectivity index (χ0) is 29.6. The molecule has 0 aliphatic carbocycles. The van der Waals surface area contributed by atoms with Gasteiger partial charge in [-0.1, -0.05) is 6.07 Å². The van der Waals surface area contributed by atoms with Gasteiger partial charge in [0.25, 0.3) is 11.8 Å². The fourth-order valence-corrected chi connectivity index (χ4v) is 4.85. The predicted octanol–water partition coefficient (Wildman–Crippen LogP) is 8.04. The number of carbonyl (C=O) groups is 2. The zero-order valence-electron chi connectivity index (χ0n) is 20.3. The van der Waals surface area contributed by atoms with Crippen molar-refractivity contribution in [2.45, 2.75) is 19.3 Å². The van der Waals surface area contributed by atoms with Gasteiger partial charge in [0, 0.05) is 21.8 Å². The lowest BCUT2D eigenvalue weighted by atomic mass is 10.1. The molecule has 2 amide bonds. The van der Waals surface area contributed by atoms with Gasteiger partial charge in [0.05, 0.1) is 29.5 Å². The first-order chi connectivity index (χ1) is 18.6. The number of carbonyl (C=O) groups excluding carboxylic acids is 2. The number of rotatable bonds is 5. The summed E-state index contributed by atoms with van der Waals surface area (Å²) in [6.45, 7) is 1.38. The van der Waals surface area contributed by atoms with Crippen LogP contribution in [0.25, 0.3) is 10.1 Å². The van der Waals surface area contributed by atoms with Crippen LogP contribution in [0.4, 0.5) is 46.5 Å². The summed E-state index contributed by atoms with van der Waals surface area (Å²) in [6.07, 6.45) is -9.80. The van der Waals surface area contributed by atoms with Crippen LogP contribution < -0.4 is 15.4 Å². The Labute approximate surface area is 224 Å². The minimum atomic E-state index is -5.07. The Balaban J connectivity index is 1.80. The van der Waals surface area contributed by atoms with E-state index in [1.165, 1.54) is 14.0 Å². The van der Waals surface area contributed by atoms with E-state index in [2.05, 4.69) is 10.6 Å². The molecule has 5 nitrogen and oxygen atoms in total. The SMILES string of the molecule is COc1cc(F)c(C)cc1C(=O)Nc1c(C(=O)Nc2ccc(F)c(C(F)(F)F)c2)sc2cc(C(F)(F)F)ccc12. The van der Waals surface area contributed by atoms with Gasteiger partial charge in [0.1, 0.15) is 22.3 Å². The van der Waals surface area contributed by atoms with Crippen molar-refractivity contribution in [3.63, 3.8) is 0 Å². The molecule has 210 valence electrons. The molecule has 1 heterocycles. The Morgan fingerprint density at radius 3 is 2.15 bits per heavy atom. The molecule has 4 rings (SSSR count). The van der Waals surface area contributed by atoms with Crippen molar-refractivity contribution >= 4 is 44.6 Å². The number of hydrogen-bond acceptors (Lipinski definition) is 4. The minimum Gasteiger partial charge on any atom is -0.496 e. The molecule has 0 radical (unpaired) electrons. The Hall–Kier alpha value is -4.20. The molecular weight excluding hydrogens is 572 g/mol. The first kappa shape index (κ1) is 28.8. The van der Waals surface area contributed by atoms with Gasteiger partial charge in [0.2, 0.25) is 0 Å². The molecule has 3 aromatic carbocycles. The average molecular weight is 588 g/mol. The number of ether oxygens (including phenoxy) is 1. The summed E-state index contributed by atoms with van der Waals surface area (Å²) in [5, 5.41) is 4.60. The number of nitrogens with one attached hydrogen (secondary N) is 2. The second-order valence-electron chi connectivity index (χ2n) is 8.42. The van der Waals surface area contributed by atoms with Crippen LogP contribution in [0.15, 0.2) is 48.5 Å². The molecule has 0 aliphatic rings. The molecule has 2 N–H and O–H groups in total. The quantitative estimate of drug-likeness (QED) is 0.232. The minimum absolute atomic E-state index is 0.0180. The molecule has 0 fully saturated rings. The number of halogens is 8. The van der Waals surface area contributed by atoms with Gasteiger partial charge in [-0.3, -0.25) is 9.59 Å². The number of methoxy groups -OCH3 is 1. The molecular formula is C26H16F8N2O3S. The van der Waals surface area contributed by atoms with E-state index in [-0.39, 0.29) is 37.5 Å². The van der Waals surface area contributed by atoms with Gasteiger partial charge < -0.3 is 15.4 Å². The maximum Gasteiger partial charge on any atom is 0.419 e. The predicted molar refractivity (Wildman–Crippen MR) is 132 cm³/mol. The van der Waals surface area contributed by atoms with E-state index in [0.29, 0.717) is 23.5 Å². The van der Waals surface area contributed by atoms with Crippen LogP contribution in [0, 0.1) is 18.6 Å². The highest BCUT2D eigenvalue weighted by molar-refractivity contribution is 7.21. The topological polar surface area (TPSA) is 67.4 Å². The molecule has 0 atom stereocenters. The highest BCUT2D eigenvalue weighted by Gasteiger charge is 2.35. The van der Waals surface area contributed by atoms with Crippen molar-refractivity contribution in [3.05, 3.63) is 87.3 Å². The zero-order valence-corrected chi connectivity index (χ0v) is 21.1. The summed E-state index contributed by atoms with van der Waals surface area (Å²) < 4.78 is 112. The van der Waals surface area contributed by atoms with E-state index in [9.17, 15) is 44.7 Å². The third kappa shape index (κ3) is 5.71. The molecule has 0 bridgehead atoms. The number of aryl methyl sites for hydroxylation is 1. The number of thiophene rings is 1. The fourth-order valence-electron chi connectivity index (χ4n) is 3.76. The highest BCUT2D eigenvalue weighted by atomic mass is 32.1. The second kappa shape index (κ2) is 10.4. The first-order valence-corrected chi connectivity index (χ1v) is 11.9. The number of hydrogen-bond donors (Lipinski definition) is 2. The summed E-state index contributed by atoms with van der Waals surface area (Å²) in [5.41, 5.74) is -3.49. The molecule has 0 spiro atoms. The van der Waals surface area contributed by atoms with Crippen LogP contribution in [-0.4, -0.2) is 18.9 Å². The van der Waals surface area contributed by atoms with E-state index in [1.807, 2.05) is 0 Å². The molecule has 14 heteroatoms. The van der Waals surface area contributed by atoms with Gasteiger partial charge >= 0.3 is 12.4 Å². The van der Waals surface area contributed by atoms with Crippen molar-refractivity contribution in [1.82, 2.24) is 0 Å². The summed E-state index contributed by atoms with van der Waals surface area (Å²) in [4.78, 5) is 25.9. The van der Waals surface area contributed by atoms with Crippen LogP contribution in [0.1, 0.15) is 36.7 Å². The van der Waals surface area contributed by atoms with E-state index in [1.54, 1.807) is 0 Å². The number of benzene rings is 3. The maximum atomic E-state index is 14.0. The number of alkyl halides is 6. The van der Waals surface area contributed by atoms with Crippen molar-refractivity contribution in [3.8, 4) is 5.75 Å². The molecule has 0 unspecified atom stereocenters. The van der Waals surface area contributed by atoms with Crippen molar-refractivity contribution in [2.75, 3.05) is 17.7 Å². The molecule has 4 aromatic rings. The normalized spacial score (nSPS) is 11.9. The molecule has 40 heavy (non-hydrogen) atoms. The first-order valence-electron chi connectivity index (χ1n) is 11.1. The van der Waals surface area contributed by atoms with Crippen molar-refractivity contribution < 1.29 is 49.4 Å². The second-order valence-corrected chi connectivity index (χ2v) is 9.47. The monoisotopic (exact) mass is 588 g/mol. The van der Waals surface area contributed by atoms with E-state index < -0.39 is 52.6 Å². The lowest BCUT2D eigenvalue weighted by molar-refractivity contribution is -0.140. The summed E-state index contributed by atoms with van der Waals surface area (Å²) in [5.74, 6) is -4.42. The lowest BCUT2D eigenvalue weighted by Crippen LogP contribution is -2.18. The molecule has 0 saturated carbocycles. The fraction of sp³-hybridized carbons (Fsp3) is 0.154. The van der Waals surface area contributed by atoms with Crippen LogP contribution in [0.5, 0.6) is 5.75 Å². The molecule has 1 aromatic heterocycles. The third-order valence-corrected chi connectivity index (χ3v) is 6.87. The van der Waals surface area contributed by atoms with E-state index >= 15 is 0 Å². The Bertz CT molecular complexity index is 1640. The van der Waals surface area contributed by atoms with Gasteiger partial charge in [0.15, 0.2) is 0 Å². The number of anilines is 2. The van der Waals surface area contributed by atoms with Gasteiger partial charge in [-0.05, 0) is 48.9 Å². The number of fused-ring (bicyclic) bond motifs is 1. The summed E-state index contributed by atoms with van der Waals surface area (Å²) in [6, 6.07) is 6.31. The molecule has 0 saturated heterocycles. The number of amides is 2. The van der Waals surface area contributed by atoms with Crippen LogP contribution in [-0.2, 0) is 12.4 Å². The average Bonchev–Trinajstić information content (AvgIpc) is 3.23. The van der Waals surface area contributed by atoms with E-state index in [4.69, 9.17) is 4.74 Å². The smallest absolute Gasteiger partial charge is 0.419 e. The largest absolute Gasteiger partial charge is 0.496 e. The summed E-state index contributed by atoms with van der Waals surface area (Å²) >= 11 is 0.533. The maximum absolute atomic E-state index is 14.0. The molecule has 0 aliphatic heterocycles. The van der Waals surface area contributed by atoms with Crippen molar-refractivity contribution in [1.29, 1.82) is 0 Å². The van der Waals surface area contributed by atoms with Crippen LogP contribution in [0.3, 0.4) is 0 Å². The van der Waals surface area contributed by atoms with Gasteiger partial charge in [-0.2, -0.15) is 26.3 Å². The third-order valence-electron chi connectivity index (χ3n) is 5.72. The van der Waals surface area contributed by atoms with Gasteiger partial charge in [-0.25, -0.2) is 8.78 Å².